The van der Waals surface area contributed by atoms with Crippen LogP contribution in [0.2, 0.25) is 5.02 Å². The van der Waals surface area contributed by atoms with Gasteiger partial charge in [-0.2, -0.15) is 0 Å². The van der Waals surface area contributed by atoms with Gasteiger partial charge in [-0.05, 0) is 23.8 Å². The van der Waals surface area contributed by atoms with E-state index in [4.69, 9.17) is 17.3 Å². The van der Waals surface area contributed by atoms with E-state index in [2.05, 4.69) is 9.97 Å². The zero-order chi connectivity index (χ0) is 14.3. The molecule has 1 heterocycles. The number of nitrogens with two attached hydrogens (primary N) is 1. The SMILES string of the molecule is Nc1cc(Cl)cc2[nH]c(Cc3ccc(F)cc3F)nc12. The van der Waals surface area contributed by atoms with E-state index >= 15 is 0 Å². The molecule has 0 unspecified atom stereocenters. The minimum Gasteiger partial charge on any atom is -0.397 e. The van der Waals surface area contributed by atoms with E-state index < -0.39 is 11.6 Å². The van der Waals surface area contributed by atoms with Crippen molar-refractivity contribution < 1.29 is 8.78 Å². The number of benzene rings is 2. The van der Waals surface area contributed by atoms with Gasteiger partial charge < -0.3 is 10.7 Å². The molecule has 3 N–H and O–H groups in total. The van der Waals surface area contributed by atoms with Gasteiger partial charge in [0.15, 0.2) is 0 Å². The molecule has 3 nitrogen and oxygen atoms in total. The molecule has 0 bridgehead atoms. The zero-order valence-corrected chi connectivity index (χ0v) is 11.0. The van der Waals surface area contributed by atoms with Crippen LogP contribution in [0.1, 0.15) is 11.4 Å². The van der Waals surface area contributed by atoms with Crippen molar-refractivity contribution in [3.63, 3.8) is 0 Å². The van der Waals surface area contributed by atoms with Crippen LogP contribution >= 0.6 is 11.6 Å². The molecule has 20 heavy (non-hydrogen) atoms. The van der Waals surface area contributed by atoms with Gasteiger partial charge in [-0.15, -0.1) is 0 Å². The monoisotopic (exact) mass is 293 g/mol. The summed E-state index contributed by atoms with van der Waals surface area (Å²) >= 11 is 5.91. The Labute approximate surface area is 118 Å². The minimum atomic E-state index is -0.605. The molecule has 102 valence electrons. The number of halogens is 3. The molecule has 0 radical (unpaired) electrons. The van der Waals surface area contributed by atoms with Crippen LogP contribution in [-0.2, 0) is 6.42 Å². The fourth-order valence-corrected chi connectivity index (χ4v) is 2.31. The maximum Gasteiger partial charge on any atom is 0.129 e. The number of aromatic amines is 1. The third-order valence-corrected chi connectivity index (χ3v) is 3.22. The average Bonchev–Trinajstić information content (AvgIpc) is 2.75. The summed E-state index contributed by atoms with van der Waals surface area (Å²) in [6.07, 6.45) is 0.220. The molecule has 0 saturated carbocycles. The van der Waals surface area contributed by atoms with Gasteiger partial charge in [0.1, 0.15) is 23.0 Å². The van der Waals surface area contributed by atoms with Crippen molar-refractivity contribution >= 4 is 28.3 Å². The Morgan fingerprint density at radius 1 is 1.20 bits per heavy atom. The van der Waals surface area contributed by atoms with Gasteiger partial charge >= 0.3 is 0 Å². The van der Waals surface area contributed by atoms with Gasteiger partial charge in [0, 0.05) is 17.5 Å². The smallest absolute Gasteiger partial charge is 0.129 e. The largest absolute Gasteiger partial charge is 0.397 e. The number of H-pyrrole nitrogens is 1. The first kappa shape index (κ1) is 12.9. The first-order chi connectivity index (χ1) is 9.52. The van der Waals surface area contributed by atoms with Crippen LogP contribution in [0.3, 0.4) is 0 Å². The van der Waals surface area contributed by atoms with Gasteiger partial charge in [-0.3, -0.25) is 0 Å². The van der Waals surface area contributed by atoms with Gasteiger partial charge in [-0.25, -0.2) is 13.8 Å². The lowest BCUT2D eigenvalue weighted by molar-refractivity contribution is 0.574. The number of anilines is 1. The molecule has 0 saturated heterocycles. The second kappa shape index (κ2) is 4.76. The number of hydrogen-bond donors (Lipinski definition) is 2. The topological polar surface area (TPSA) is 54.7 Å². The maximum absolute atomic E-state index is 13.6. The van der Waals surface area contributed by atoms with Crippen molar-refractivity contribution in [3.8, 4) is 0 Å². The Bertz CT molecular complexity index is 798. The van der Waals surface area contributed by atoms with Crippen LogP contribution in [-0.4, -0.2) is 9.97 Å². The molecule has 0 atom stereocenters. The normalized spacial score (nSPS) is 11.2. The highest BCUT2D eigenvalue weighted by molar-refractivity contribution is 6.31. The number of aromatic nitrogens is 2. The van der Waals surface area contributed by atoms with Crippen molar-refractivity contribution in [2.24, 2.45) is 0 Å². The van der Waals surface area contributed by atoms with Crippen LogP contribution in [0.15, 0.2) is 30.3 Å². The highest BCUT2D eigenvalue weighted by atomic mass is 35.5. The molecule has 0 fully saturated rings. The average molecular weight is 294 g/mol. The standard InChI is InChI=1S/C14H10ClF2N3/c15-8-4-11(18)14-12(5-8)19-13(20-14)3-7-1-2-9(16)6-10(7)17/h1-2,4-6H,3,18H2,(H,19,20). The molecule has 3 rings (SSSR count). The summed E-state index contributed by atoms with van der Waals surface area (Å²) in [6.45, 7) is 0. The fourth-order valence-electron chi connectivity index (χ4n) is 2.09. The lowest BCUT2D eigenvalue weighted by Gasteiger charge is -2.00. The molecule has 0 amide bonds. The zero-order valence-electron chi connectivity index (χ0n) is 10.3. The molecule has 6 heteroatoms. The van der Waals surface area contributed by atoms with E-state index in [0.717, 1.165) is 6.07 Å². The van der Waals surface area contributed by atoms with Crippen molar-refractivity contribution in [2.75, 3.05) is 5.73 Å². The Balaban J connectivity index is 2.01. The maximum atomic E-state index is 13.6. The summed E-state index contributed by atoms with van der Waals surface area (Å²) in [6, 6.07) is 6.77. The van der Waals surface area contributed by atoms with Crippen LogP contribution < -0.4 is 5.73 Å². The van der Waals surface area contributed by atoms with Crippen LogP contribution in [0.25, 0.3) is 11.0 Å². The lowest BCUT2D eigenvalue weighted by atomic mass is 10.1. The van der Waals surface area contributed by atoms with E-state index in [0.29, 0.717) is 33.1 Å². The highest BCUT2D eigenvalue weighted by Crippen LogP contribution is 2.25. The van der Waals surface area contributed by atoms with Crippen molar-refractivity contribution in [1.29, 1.82) is 0 Å². The summed E-state index contributed by atoms with van der Waals surface area (Å²) in [4.78, 5) is 7.34. The number of nitrogens with zero attached hydrogens (tertiary/aromatic N) is 1. The van der Waals surface area contributed by atoms with Crippen molar-refractivity contribution in [2.45, 2.75) is 6.42 Å². The number of rotatable bonds is 2. The Kier molecular flexibility index (Phi) is 3.06. The molecule has 0 aliphatic heterocycles. The van der Waals surface area contributed by atoms with Gasteiger partial charge in [-0.1, -0.05) is 17.7 Å². The quantitative estimate of drug-likeness (QED) is 0.708. The van der Waals surface area contributed by atoms with Gasteiger partial charge in [0.05, 0.1) is 11.2 Å². The van der Waals surface area contributed by atoms with E-state index in [-0.39, 0.29) is 6.42 Å². The second-order valence-corrected chi connectivity index (χ2v) is 4.92. The molecule has 1 aromatic heterocycles. The molecule has 3 aromatic rings. The molecular weight excluding hydrogens is 284 g/mol. The molecule has 2 aromatic carbocycles. The van der Waals surface area contributed by atoms with Crippen LogP contribution in [0.4, 0.5) is 14.5 Å². The Morgan fingerprint density at radius 2 is 2.00 bits per heavy atom. The summed E-state index contributed by atoms with van der Waals surface area (Å²) in [5, 5.41) is 0.498. The Morgan fingerprint density at radius 3 is 2.75 bits per heavy atom. The predicted octanol–water partition coefficient (Wildman–Crippen LogP) is 3.67. The Hall–Kier alpha value is -2.14. The number of nitrogen functional groups attached to an aromatic ring is 1. The molecule has 0 aliphatic carbocycles. The van der Waals surface area contributed by atoms with Crippen LogP contribution in [0, 0.1) is 11.6 Å². The number of fused-ring (bicyclic) bond motifs is 1. The third kappa shape index (κ3) is 2.32. The predicted molar refractivity (Wildman–Crippen MR) is 74.7 cm³/mol. The summed E-state index contributed by atoms with van der Waals surface area (Å²) in [7, 11) is 0. The fraction of sp³-hybridized carbons (Fsp3) is 0.0714. The van der Waals surface area contributed by atoms with Gasteiger partial charge in [0.25, 0.3) is 0 Å². The van der Waals surface area contributed by atoms with E-state index in [1.54, 1.807) is 12.1 Å². The number of imidazole rings is 1. The molecule has 0 spiro atoms. The molecular formula is C14H10ClF2N3. The number of nitrogens with one attached hydrogen (secondary N) is 1. The summed E-state index contributed by atoms with van der Waals surface area (Å²) < 4.78 is 26.5. The van der Waals surface area contributed by atoms with Gasteiger partial charge in [0.2, 0.25) is 0 Å². The summed E-state index contributed by atoms with van der Waals surface area (Å²) in [5.74, 6) is -0.664. The van der Waals surface area contributed by atoms with E-state index in [9.17, 15) is 8.78 Å². The van der Waals surface area contributed by atoms with Crippen LogP contribution in [0.5, 0.6) is 0 Å². The highest BCUT2D eigenvalue weighted by Gasteiger charge is 2.10. The molecule has 0 aliphatic rings. The lowest BCUT2D eigenvalue weighted by Crippen LogP contribution is -1.95. The van der Waals surface area contributed by atoms with Crippen molar-refractivity contribution in [1.82, 2.24) is 9.97 Å². The second-order valence-electron chi connectivity index (χ2n) is 4.49. The third-order valence-electron chi connectivity index (χ3n) is 3.00. The minimum absolute atomic E-state index is 0.220. The summed E-state index contributed by atoms with van der Waals surface area (Å²) in [5.41, 5.74) is 7.91. The van der Waals surface area contributed by atoms with E-state index in [1.807, 2.05) is 0 Å². The first-order valence-corrected chi connectivity index (χ1v) is 6.28. The van der Waals surface area contributed by atoms with Crippen molar-refractivity contribution in [3.05, 3.63) is 58.4 Å². The number of hydrogen-bond acceptors (Lipinski definition) is 2. The van der Waals surface area contributed by atoms with E-state index in [1.165, 1.54) is 12.1 Å². The first-order valence-electron chi connectivity index (χ1n) is 5.90.